The van der Waals surface area contributed by atoms with Crippen LogP contribution in [-0.2, 0) is 9.53 Å². The van der Waals surface area contributed by atoms with Crippen LogP contribution in [0.25, 0.3) is 6.08 Å². The van der Waals surface area contributed by atoms with E-state index in [0.717, 1.165) is 30.1 Å². The van der Waals surface area contributed by atoms with Crippen molar-refractivity contribution in [1.29, 1.82) is 0 Å². The molecule has 0 unspecified atom stereocenters. The Morgan fingerprint density at radius 2 is 1.92 bits per heavy atom. The van der Waals surface area contributed by atoms with Crippen molar-refractivity contribution in [2.45, 2.75) is 0 Å². The first-order valence-electron chi connectivity index (χ1n) is 8.41. The van der Waals surface area contributed by atoms with E-state index < -0.39 is 0 Å². The van der Waals surface area contributed by atoms with E-state index in [1.165, 1.54) is 6.08 Å². The first-order chi connectivity index (χ1) is 12.7. The topological polar surface area (TPSA) is 50.8 Å². The monoisotopic (exact) mass is 372 g/mol. The Bertz CT molecular complexity index is 784. The van der Waals surface area contributed by atoms with Crippen molar-refractivity contribution in [3.05, 3.63) is 59.1 Å². The van der Waals surface area contributed by atoms with E-state index >= 15 is 0 Å². The molecule has 6 heteroatoms. The van der Waals surface area contributed by atoms with Gasteiger partial charge in [-0.1, -0.05) is 23.7 Å². The lowest BCUT2D eigenvalue weighted by atomic mass is 10.2. The predicted molar refractivity (Wildman–Crippen MR) is 105 cm³/mol. The van der Waals surface area contributed by atoms with Crippen LogP contribution in [0, 0.1) is 0 Å². The maximum atomic E-state index is 12.3. The number of anilines is 2. The summed E-state index contributed by atoms with van der Waals surface area (Å²) in [4.78, 5) is 14.5. The van der Waals surface area contributed by atoms with Gasteiger partial charge in [0.05, 0.1) is 31.7 Å². The second-order valence-corrected chi connectivity index (χ2v) is 6.29. The van der Waals surface area contributed by atoms with E-state index in [-0.39, 0.29) is 5.91 Å². The number of halogens is 1. The number of benzene rings is 2. The molecule has 0 bridgehead atoms. The minimum Gasteiger partial charge on any atom is -0.497 e. The molecule has 1 amide bonds. The van der Waals surface area contributed by atoms with Crippen molar-refractivity contribution in [3.63, 3.8) is 0 Å². The van der Waals surface area contributed by atoms with Crippen molar-refractivity contribution in [2.24, 2.45) is 0 Å². The first kappa shape index (κ1) is 18.3. The Morgan fingerprint density at radius 1 is 1.19 bits per heavy atom. The maximum Gasteiger partial charge on any atom is 0.248 e. The first-order valence-corrected chi connectivity index (χ1v) is 8.79. The molecular weight excluding hydrogens is 352 g/mol. The normalized spacial score (nSPS) is 14.5. The maximum absolute atomic E-state index is 12.3. The van der Waals surface area contributed by atoms with Gasteiger partial charge in [0.1, 0.15) is 5.75 Å². The van der Waals surface area contributed by atoms with Gasteiger partial charge in [0.25, 0.3) is 0 Å². The third kappa shape index (κ3) is 4.77. The van der Waals surface area contributed by atoms with Gasteiger partial charge in [0, 0.05) is 24.2 Å². The second-order valence-electron chi connectivity index (χ2n) is 5.86. The zero-order valence-electron chi connectivity index (χ0n) is 14.6. The van der Waals surface area contributed by atoms with Crippen molar-refractivity contribution >= 4 is 35.0 Å². The number of methoxy groups -OCH3 is 1. The summed E-state index contributed by atoms with van der Waals surface area (Å²) in [5.74, 6) is 0.568. The summed E-state index contributed by atoms with van der Waals surface area (Å²) >= 11 is 6.12. The highest BCUT2D eigenvalue weighted by Crippen LogP contribution is 2.30. The minimum atomic E-state index is -0.211. The largest absolute Gasteiger partial charge is 0.497 e. The SMILES string of the molecule is COc1ccc(C=CC(=O)Nc2cc(Cl)ccc2N2CCOCC2)cc1. The standard InChI is InChI=1S/C20H21ClN2O3/c1-25-17-6-2-15(3-7-17)4-9-20(24)22-18-14-16(21)5-8-19(18)23-10-12-26-13-11-23/h2-9,14H,10-13H2,1H3,(H,22,24). The van der Waals surface area contributed by atoms with Crippen LogP contribution in [0.4, 0.5) is 11.4 Å². The summed E-state index contributed by atoms with van der Waals surface area (Å²) in [7, 11) is 1.62. The molecule has 5 nitrogen and oxygen atoms in total. The highest BCUT2D eigenvalue weighted by Gasteiger charge is 2.16. The molecule has 0 spiro atoms. The van der Waals surface area contributed by atoms with E-state index in [1.54, 1.807) is 19.3 Å². The van der Waals surface area contributed by atoms with Gasteiger partial charge < -0.3 is 19.7 Å². The number of carbonyl (C=O) groups excluding carboxylic acids is 1. The molecule has 2 aromatic carbocycles. The number of ether oxygens (including phenoxy) is 2. The van der Waals surface area contributed by atoms with Crippen LogP contribution in [0.3, 0.4) is 0 Å². The average Bonchev–Trinajstić information content (AvgIpc) is 2.67. The Balaban J connectivity index is 1.71. The lowest BCUT2D eigenvalue weighted by Crippen LogP contribution is -2.36. The zero-order chi connectivity index (χ0) is 18.4. The third-order valence-corrected chi connectivity index (χ3v) is 4.35. The van der Waals surface area contributed by atoms with E-state index in [4.69, 9.17) is 21.1 Å². The van der Waals surface area contributed by atoms with Gasteiger partial charge in [-0.2, -0.15) is 0 Å². The van der Waals surface area contributed by atoms with Gasteiger partial charge in [-0.3, -0.25) is 4.79 Å². The van der Waals surface area contributed by atoms with Crippen LogP contribution in [0.1, 0.15) is 5.56 Å². The lowest BCUT2D eigenvalue weighted by molar-refractivity contribution is -0.111. The second kappa shape index (κ2) is 8.74. The molecule has 0 atom stereocenters. The molecule has 0 aliphatic carbocycles. The van der Waals surface area contributed by atoms with E-state index in [1.807, 2.05) is 36.4 Å². The van der Waals surface area contributed by atoms with Crippen molar-refractivity contribution in [1.82, 2.24) is 0 Å². The average molecular weight is 373 g/mol. The molecule has 0 saturated carbocycles. The number of carbonyl (C=O) groups is 1. The summed E-state index contributed by atoms with van der Waals surface area (Å²) < 4.78 is 10.5. The number of nitrogens with zero attached hydrogens (tertiary/aromatic N) is 1. The Hall–Kier alpha value is -2.50. The molecule has 1 aliphatic rings. The smallest absolute Gasteiger partial charge is 0.248 e. The van der Waals surface area contributed by atoms with Crippen LogP contribution in [0.5, 0.6) is 5.75 Å². The highest BCUT2D eigenvalue weighted by molar-refractivity contribution is 6.31. The highest BCUT2D eigenvalue weighted by atomic mass is 35.5. The fraction of sp³-hybridized carbons (Fsp3) is 0.250. The molecule has 1 N–H and O–H groups in total. The molecule has 1 heterocycles. The predicted octanol–water partition coefficient (Wildman–Crippen LogP) is 3.84. The molecular formula is C20H21ClN2O3. The van der Waals surface area contributed by atoms with Gasteiger partial charge in [-0.25, -0.2) is 0 Å². The number of nitrogens with one attached hydrogen (secondary N) is 1. The summed E-state index contributed by atoms with van der Waals surface area (Å²) in [6.07, 6.45) is 3.26. The van der Waals surface area contributed by atoms with Crippen molar-refractivity contribution in [2.75, 3.05) is 43.6 Å². The Labute approximate surface area is 158 Å². The van der Waals surface area contributed by atoms with Crippen LogP contribution in [-0.4, -0.2) is 39.3 Å². The minimum absolute atomic E-state index is 0.211. The molecule has 1 aliphatic heterocycles. The quantitative estimate of drug-likeness (QED) is 0.810. The van der Waals surface area contributed by atoms with Crippen molar-refractivity contribution < 1.29 is 14.3 Å². The van der Waals surface area contributed by atoms with Gasteiger partial charge in [-0.15, -0.1) is 0 Å². The summed E-state index contributed by atoms with van der Waals surface area (Å²) in [6.45, 7) is 2.92. The molecule has 3 rings (SSSR count). The molecule has 136 valence electrons. The van der Waals surface area contributed by atoms with Crippen LogP contribution in [0.2, 0.25) is 5.02 Å². The molecule has 2 aromatic rings. The van der Waals surface area contributed by atoms with Gasteiger partial charge in [0.2, 0.25) is 5.91 Å². The fourth-order valence-electron chi connectivity index (χ4n) is 2.75. The van der Waals surface area contributed by atoms with Gasteiger partial charge in [-0.05, 0) is 42.0 Å². The third-order valence-electron chi connectivity index (χ3n) is 4.11. The summed E-state index contributed by atoms with van der Waals surface area (Å²) in [5, 5.41) is 3.50. The Kier molecular flexibility index (Phi) is 6.15. The molecule has 0 radical (unpaired) electrons. The Morgan fingerprint density at radius 3 is 2.62 bits per heavy atom. The number of hydrogen-bond acceptors (Lipinski definition) is 4. The number of hydrogen-bond donors (Lipinski definition) is 1. The molecule has 0 aromatic heterocycles. The van der Waals surface area contributed by atoms with E-state index in [2.05, 4.69) is 10.2 Å². The molecule has 26 heavy (non-hydrogen) atoms. The zero-order valence-corrected chi connectivity index (χ0v) is 15.3. The molecule has 1 saturated heterocycles. The van der Waals surface area contributed by atoms with Gasteiger partial charge in [0.15, 0.2) is 0 Å². The van der Waals surface area contributed by atoms with Gasteiger partial charge >= 0.3 is 0 Å². The van der Waals surface area contributed by atoms with Crippen LogP contribution < -0.4 is 15.0 Å². The molecule has 1 fully saturated rings. The van der Waals surface area contributed by atoms with Crippen LogP contribution in [0.15, 0.2) is 48.5 Å². The lowest BCUT2D eigenvalue weighted by Gasteiger charge is -2.30. The van der Waals surface area contributed by atoms with Crippen molar-refractivity contribution in [3.8, 4) is 5.75 Å². The number of rotatable bonds is 5. The van der Waals surface area contributed by atoms with Crippen LogP contribution >= 0.6 is 11.6 Å². The fourth-order valence-corrected chi connectivity index (χ4v) is 2.92. The van der Waals surface area contributed by atoms with E-state index in [0.29, 0.717) is 23.9 Å². The summed E-state index contributed by atoms with van der Waals surface area (Å²) in [5.41, 5.74) is 2.56. The van der Waals surface area contributed by atoms with E-state index in [9.17, 15) is 4.79 Å². The number of morpholine rings is 1. The number of amides is 1. The summed E-state index contributed by atoms with van der Waals surface area (Å²) in [6, 6.07) is 13.0.